The maximum atomic E-state index is 6.63. The molecule has 0 bridgehead atoms. The average Bonchev–Trinajstić information content (AvgIpc) is 2.19. The average molecular weight is 259 g/mol. The summed E-state index contributed by atoms with van der Waals surface area (Å²) in [5, 5.41) is 0. The van der Waals surface area contributed by atoms with Crippen LogP contribution >= 0.6 is 23.2 Å². The van der Waals surface area contributed by atoms with Crippen LogP contribution in [0.2, 0.25) is 0 Å². The SMILES string of the molecule is C=CCC(Cl)(CC=C)C(Cl)(CC=C)CC=C. The highest BCUT2D eigenvalue weighted by Crippen LogP contribution is 2.46. The van der Waals surface area contributed by atoms with E-state index in [1.165, 1.54) is 0 Å². The topological polar surface area (TPSA) is 0 Å². The van der Waals surface area contributed by atoms with Gasteiger partial charge in [-0.25, -0.2) is 0 Å². The van der Waals surface area contributed by atoms with Gasteiger partial charge in [-0.1, -0.05) is 24.3 Å². The van der Waals surface area contributed by atoms with Crippen LogP contribution in [0.5, 0.6) is 0 Å². The summed E-state index contributed by atoms with van der Waals surface area (Å²) in [6, 6.07) is 0. The molecule has 0 aromatic rings. The summed E-state index contributed by atoms with van der Waals surface area (Å²) in [5.41, 5.74) is 0. The second-order valence-corrected chi connectivity index (χ2v) is 5.35. The highest BCUT2D eigenvalue weighted by molar-refractivity contribution is 6.35. The van der Waals surface area contributed by atoms with Crippen molar-refractivity contribution < 1.29 is 0 Å². The molecule has 0 rings (SSSR count). The van der Waals surface area contributed by atoms with Crippen molar-refractivity contribution in [2.45, 2.75) is 35.4 Å². The summed E-state index contributed by atoms with van der Waals surface area (Å²) in [5.74, 6) is 0. The Balaban J connectivity index is 5.19. The summed E-state index contributed by atoms with van der Waals surface area (Å²) < 4.78 is 0. The summed E-state index contributed by atoms with van der Waals surface area (Å²) in [7, 11) is 0. The van der Waals surface area contributed by atoms with Crippen molar-refractivity contribution in [1.82, 2.24) is 0 Å². The number of allylic oxidation sites excluding steroid dienone is 4. The highest BCUT2D eigenvalue weighted by atomic mass is 35.5. The van der Waals surface area contributed by atoms with Gasteiger partial charge in [-0.2, -0.15) is 0 Å². The van der Waals surface area contributed by atoms with Crippen LogP contribution in [0.25, 0.3) is 0 Å². The monoisotopic (exact) mass is 258 g/mol. The molecule has 0 saturated heterocycles. The predicted octanol–water partition coefficient (Wildman–Crippen LogP) is 5.25. The fourth-order valence-electron chi connectivity index (χ4n) is 1.81. The van der Waals surface area contributed by atoms with Crippen LogP contribution in [0.1, 0.15) is 25.7 Å². The predicted molar refractivity (Wildman–Crippen MR) is 76.4 cm³/mol. The molecule has 0 saturated carbocycles. The largest absolute Gasteiger partial charge is 0.117 e. The van der Waals surface area contributed by atoms with E-state index < -0.39 is 9.75 Å². The second kappa shape index (κ2) is 6.98. The summed E-state index contributed by atoms with van der Waals surface area (Å²) >= 11 is 13.3. The van der Waals surface area contributed by atoms with Crippen LogP contribution < -0.4 is 0 Å². The fourth-order valence-corrected chi connectivity index (χ4v) is 2.56. The minimum atomic E-state index is -0.583. The van der Waals surface area contributed by atoms with E-state index in [0.29, 0.717) is 25.7 Å². The smallest absolute Gasteiger partial charge is 0.0712 e. The van der Waals surface area contributed by atoms with Gasteiger partial charge in [0.2, 0.25) is 0 Å². The van der Waals surface area contributed by atoms with Crippen molar-refractivity contribution in [1.29, 1.82) is 0 Å². The van der Waals surface area contributed by atoms with Gasteiger partial charge in [0.1, 0.15) is 0 Å². The molecule has 0 aromatic carbocycles. The zero-order valence-electron chi connectivity index (χ0n) is 9.72. The lowest BCUT2D eigenvalue weighted by molar-refractivity contribution is 0.409. The maximum absolute atomic E-state index is 6.63. The number of alkyl halides is 2. The van der Waals surface area contributed by atoms with Gasteiger partial charge in [-0.3, -0.25) is 0 Å². The van der Waals surface area contributed by atoms with Crippen molar-refractivity contribution in [3.05, 3.63) is 50.6 Å². The van der Waals surface area contributed by atoms with Gasteiger partial charge in [0, 0.05) is 0 Å². The van der Waals surface area contributed by atoms with E-state index in [0.717, 1.165) is 0 Å². The van der Waals surface area contributed by atoms with Crippen LogP contribution in [0.3, 0.4) is 0 Å². The van der Waals surface area contributed by atoms with Crippen molar-refractivity contribution in [2.75, 3.05) is 0 Å². The van der Waals surface area contributed by atoms with E-state index in [1.807, 2.05) is 0 Å². The molecule has 0 aliphatic carbocycles. The molecular weight excluding hydrogens is 239 g/mol. The second-order valence-electron chi connectivity index (χ2n) is 3.90. The van der Waals surface area contributed by atoms with Gasteiger partial charge in [0.25, 0.3) is 0 Å². The Labute approximate surface area is 109 Å². The number of hydrogen-bond acceptors (Lipinski definition) is 0. The standard InChI is InChI=1S/C14H20Cl2/c1-5-9-13(15,10-6-2)14(16,11-7-3)12-8-4/h5-8H,1-4,9-12H2. The van der Waals surface area contributed by atoms with E-state index in [1.54, 1.807) is 24.3 Å². The molecule has 0 unspecified atom stereocenters. The van der Waals surface area contributed by atoms with Gasteiger partial charge < -0.3 is 0 Å². The van der Waals surface area contributed by atoms with Crippen LogP contribution in [-0.4, -0.2) is 9.75 Å². The molecule has 16 heavy (non-hydrogen) atoms. The van der Waals surface area contributed by atoms with Crippen LogP contribution in [-0.2, 0) is 0 Å². The molecule has 0 radical (unpaired) electrons. The number of halogens is 2. The van der Waals surface area contributed by atoms with Crippen molar-refractivity contribution >= 4 is 23.2 Å². The molecule has 0 N–H and O–H groups in total. The van der Waals surface area contributed by atoms with Crippen molar-refractivity contribution in [3.63, 3.8) is 0 Å². The molecule has 0 spiro atoms. The summed E-state index contributed by atoms with van der Waals surface area (Å²) in [4.78, 5) is -1.17. The molecule has 0 aliphatic rings. The molecule has 0 aromatic heterocycles. The third-order valence-electron chi connectivity index (χ3n) is 2.67. The molecule has 0 heterocycles. The Morgan fingerprint density at radius 1 is 0.625 bits per heavy atom. The normalized spacial score (nSPS) is 11.9. The molecule has 0 fully saturated rings. The fraction of sp³-hybridized carbons (Fsp3) is 0.429. The first-order valence-corrected chi connectivity index (χ1v) is 6.06. The van der Waals surface area contributed by atoms with Gasteiger partial charge in [-0.15, -0.1) is 49.5 Å². The van der Waals surface area contributed by atoms with Gasteiger partial charge in [-0.05, 0) is 25.7 Å². The van der Waals surface area contributed by atoms with Crippen LogP contribution in [0.4, 0.5) is 0 Å². The lowest BCUT2D eigenvalue weighted by atomic mass is 9.80. The van der Waals surface area contributed by atoms with E-state index in [2.05, 4.69) is 26.3 Å². The van der Waals surface area contributed by atoms with Crippen molar-refractivity contribution in [2.24, 2.45) is 0 Å². The first-order chi connectivity index (χ1) is 7.49. The number of hydrogen-bond donors (Lipinski definition) is 0. The Morgan fingerprint density at radius 2 is 0.812 bits per heavy atom. The van der Waals surface area contributed by atoms with E-state index >= 15 is 0 Å². The molecular formula is C14H20Cl2. The van der Waals surface area contributed by atoms with Gasteiger partial charge >= 0.3 is 0 Å². The maximum Gasteiger partial charge on any atom is 0.0712 e. The molecule has 0 nitrogen and oxygen atoms in total. The van der Waals surface area contributed by atoms with Crippen LogP contribution in [0, 0.1) is 0 Å². The van der Waals surface area contributed by atoms with E-state index in [-0.39, 0.29) is 0 Å². The van der Waals surface area contributed by atoms with Gasteiger partial charge in [0.15, 0.2) is 0 Å². The van der Waals surface area contributed by atoms with E-state index in [9.17, 15) is 0 Å². The Morgan fingerprint density at radius 3 is 0.938 bits per heavy atom. The first-order valence-electron chi connectivity index (χ1n) is 5.31. The lowest BCUT2D eigenvalue weighted by Gasteiger charge is -2.41. The third kappa shape index (κ3) is 3.54. The van der Waals surface area contributed by atoms with Gasteiger partial charge in [0.05, 0.1) is 9.75 Å². The minimum Gasteiger partial charge on any atom is -0.117 e. The zero-order chi connectivity index (χ0) is 12.7. The zero-order valence-corrected chi connectivity index (χ0v) is 11.2. The third-order valence-corrected chi connectivity index (χ3v) is 4.11. The van der Waals surface area contributed by atoms with Crippen molar-refractivity contribution in [3.8, 4) is 0 Å². The summed E-state index contributed by atoms with van der Waals surface area (Å²) in [6.07, 6.45) is 9.69. The highest BCUT2D eigenvalue weighted by Gasteiger charge is 2.45. The summed E-state index contributed by atoms with van der Waals surface area (Å²) in [6.45, 7) is 14.9. The van der Waals surface area contributed by atoms with E-state index in [4.69, 9.17) is 23.2 Å². The molecule has 90 valence electrons. The molecule has 2 heteroatoms. The Kier molecular flexibility index (Phi) is 6.78. The minimum absolute atomic E-state index is 0.583. The molecule has 0 atom stereocenters. The van der Waals surface area contributed by atoms with Crippen LogP contribution in [0.15, 0.2) is 50.6 Å². The quantitative estimate of drug-likeness (QED) is 0.392. The first kappa shape index (κ1) is 15.5. The lowest BCUT2D eigenvalue weighted by Crippen LogP contribution is -2.44. The Hall–Kier alpha value is -0.460. The molecule has 0 aliphatic heterocycles. The number of rotatable bonds is 9. The Bertz CT molecular complexity index is 218. The molecule has 0 amide bonds.